The summed E-state index contributed by atoms with van der Waals surface area (Å²) in [6.07, 6.45) is -6.42. The van der Waals surface area contributed by atoms with E-state index in [-0.39, 0.29) is 39.4 Å². The molecule has 100 heavy (non-hydrogen) atoms. The highest BCUT2D eigenvalue weighted by atomic mass is 35.5. The molecule has 0 amide bonds. The van der Waals surface area contributed by atoms with Crippen molar-refractivity contribution in [3.8, 4) is 5.75 Å². The standard InChI is InChI=1S/C23H25F3N5O2P.C19H17ClF3N4OP.C19H20ClN4O4PS.C5H12N2/c1-34(2,32)19-9-5-16(6-10-19)28-21-20(23(24,25)26)15-27-22(30-21)29-17-3-7-18(8-4-17)31-11-13-33-14-12-31;1-29(2,28)15-8-6-13(7-9-15)26-18-24-11-16(19(21,22)23)17(27-18)25-14-5-3-4-12(20)10-14;1-28-16-10-12(29(2,3)25)8-9-14(16)23-19-21-11-13(20)18(24-19)22-15-6-4-5-7-17(15)30(26)27;1-7-4-2-6-3-5-7/h3-10,15H,11-14H2,1-2H3,(H2,27,28,29,30);3-11H,1-2H3,(H2,24,25,26,27);4-11H,1-3H3,(H,26,27)(H2,21,22,23,24);6H,2-5H2,1H3/p-1. The van der Waals surface area contributed by atoms with Crippen LogP contribution in [0.2, 0.25) is 10.0 Å². The molecule has 532 valence electrons. The molecule has 0 radical (unpaired) electrons. The van der Waals surface area contributed by atoms with Crippen molar-refractivity contribution >= 4 is 147 Å². The van der Waals surface area contributed by atoms with Crippen molar-refractivity contribution in [3.63, 3.8) is 0 Å². The second kappa shape index (κ2) is 34.4. The number of benzene rings is 6. The van der Waals surface area contributed by atoms with Crippen molar-refractivity contribution in [1.29, 1.82) is 0 Å². The number of likely N-dealkylation sites (N-methyl/N-ethyl adjacent to an activating group) is 1. The van der Waals surface area contributed by atoms with Gasteiger partial charge in [-0.1, -0.05) is 41.4 Å². The monoisotopic (exact) mass is 1500 g/mol. The first kappa shape index (κ1) is 77.5. The van der Waals surface area contributed by atoms with E-state index in [2.05, 4.69) is 84.0 Å². The van der Waals surface area contributed by atoms with Crippen LogP contribution in [0.4, 0.5) is 101 Å². The smallest absolute Gasteiger partial charge is 0.421 e. The molecule has 22 nitrogen and oxygen atoms in total. The summed E-state index contributed by atoms with van der Waals surface area (Å²) < 4.78 is 151. The molecule has 3 aromatic heterocycles. The number of hydrogen-bond donors (Lipinski definition) is 7. The topological polar surface area (TPSA) is 278 Å². The molecule has 7 N–H and O–H groups in total. The number of ether oxygens (including phenoxy) is 2. The first-order chi connectivity index (χ1) is 47.2. The number of para-hydroxylation sites is 1. The highest BCUT2D eigenvalue weighted by Gasteiger charge is 2.37. The number of morpholine rings is 1. The van der Waals surface area contributed by atoms with E-state index in [0.29, 0.717) is 80.2 Å². The zero-order valence-corrected chi connectivity index (χ0v) is 60.4. The summed E-state index contributed by atoms with van der Waals surface area (Å²) in [5.41, 5.74) is 1.91. The van der Waals surface area contributed by atoms with Gasteiger partial charge in [0.1, 0.15) is 55.0 Å². The van der Waals surface area contributed by atoms with Gasteiger partial charge in [-0.15, -0.1) is 0 Å². The highest BCUT2D eigenvalue weighted by Crippen LogP contribution is 2.41. The van der Waals surface area contributed by atoms with Crippen LogP contribution < -0.4 is 62.8 Å². The maximum atomic E-state index is 13.6. The number of nitrogens with one attached hydrogen (secondary N) is 7. The third-order valence-corrected chi connectivity index (χ3v) is 20.6. The predicted octanol–water partition coefficient (Wildman–Crippen LogP) is 14.6. The van der Waals surface area contributed by atoms with Crippen LogP contribution in [0.5, 0.6) is 5.75 Å². The lowest BCUT2D eigenvalue weighted by molar-refractivity contribution is -0.138. The summed E-state index contributed by atoms with van der Waals surface area (Å²) >= 11 is 9.66. The van der Waals surface area contributed by atoms with Crippen LogP contribution in [0.15, 0.2) is 163 Å². The van der Waals surface area contributed by atoms with Gasteiger partial charge in [0.05, 0.1) is 37.9 Å². The number of nitrogens with zero attached hydrogens (tertiary/aromatic N) is 8. The Labute approximate surface area is 587 Å². The van der Waals surface area contributed by atoms with Crippen molar-refractivity contribution in [2.45, 2.75) is 17.2 Å². The molecule has 2 fully saturated rings. The van der Waals surface area contributed by atoms with E-state index in [1.807, 2.05) is 24.3 Å². The van der Waals surface area contributed by atoms with Crippen molar-refractivity contribution in [1.82, 2.24) is 40.1 Å². The van der Waals surface area contributed by atoms with Crippen LogP contribution in [0.3, 0.4) is 0 Å². The molecule has 11 rings (SSSR count). The average Bonchev–Trinajstić information content (AvgIpc) is 0.823. The molecule has 1 atom stereocenters. The molecule has 0 aliphatic carbocycles. The van der Waals surface area contributed by atoms with Crippen LogP contribution in [0.1, 0.15) is 11.1 Å². The minimum atomic E-state index is -4.64. The van der Waals surface area contributed by atoms with Crippen molar-refractivity contribution in [2.24, 2.45) is 0 Å². The van der Waals surface area contributed by atoms with Crippen LogP contribution in [-0.4, -0.2) is 150 Å². The second-order valence-corrected chi connectivity index (χ2v) is 34.9. The van der Waals surface area contributed by atoms with Gasteiger partial charge in [-0.25, -0.2) is 15.0 Å². The summed E-state index contributed by atoms with van der Waals surface area (Å²) in [5.74, 6) is 0.152. The Morgan fingerprint density at radius 3 is 1.49 bits per heavy atom. The molecule has 34 heteroatoms. The molecular weight excluding hydrogens is 1420 g/mol. The molecule has 2 saturated heterocycles. The van der Waals surface area contributed by atoms with Crippen molar-refractivity contribution < 1.29 is 58.3 Å². The lowest BCUT2D eigenvalue weighted by Crippen LogP contribution is -2.40. The minimum Gasteiger partial charge on any atom is -0.768 e. The van der Waals surface area contributed by atoms with Crippen molar-refractivity contribution in [2.75, 3.05) is 143 Å². The normalized spacial score (nSPS) is 13.9. The van der Waals surface area contributed by atoms with E-state index in [0.717, 1.165) is 38.1 Å². The van der Waals surface area contributed by atoms with Crippen LogP contribution in [0.25, 0.3) is 0 Å². The average molecular weight is 1500 g/mol. The number of hydrogen-bond acceptors (Lipinski definition) is 22. The maximum Gasteiger partial charge on any atom is 0.421 e. The highest BCUT2D eigenvalue weighted by molar-refractivity contribution is 7.79. The third kappa shape index (κ3) is 23.2. The zero-order chi connectivity index (χ0) is 72.6. The number of halogens is 8. The third-order valence-electron chi connectivity index (χ3n) is 14.7. The van der Waals surface area contributed by atoms with Gasteiger partial charge in [0.15, 0.2) is 5.82 Å². The first-order valence-electron chi connectivity index (χ1n) is 30.5. The Balaban J connectivity index is 0.000000182. The van der Waals surface area contributed by atoms with E-state index in [1.54, 1.807) is 143 Å². The van der Waals surface area contributed by atoms with Gasteiger partial charge in [-0.05, 0) is 179 Å². The van der Waals surface area contributed by atoms with Crippen molar-refractivity contribution in [3.05, 3.63) is 179 Å². The minimum absolute atomic E-state index is 0.0218. The van der Waals surface area contributed by atoms with Gasteiger partial charge in [0.2, 0.25) is 17.8 Å². The van der Waals surface area contributed by atoms with Crippen LogP contribution in [-0.2, 0) is 41.9 Å². The van der Waals surface area contributed by atoms with Gasteiger partial charge < -0.3 is 74.7 Å². The fourth-order valence-electron chi connectivity index (χ4n) is 9.35. The molecule has 1 unspecified atom stereocenters. The number of aromatic nitrogens is 6. The van der Waals surface area contributed by atoms with E-state index >= 15 is 0 Å². The Morgan fingerprint density at radius 2 is 1.01 bits per heavy atom. The van der Waals surface area contributed by atoms with Gasteiger partial charge >= 0.3 is 12.4 Å². The van der Waals surface area contributed by atoms with E-state index < -0.39 is 61.8 Å². The predicted molar refractivity (Wildman–Crippen MR) is 389 cm³/mol. The number of alkyl halides is 6. The quantitative estimate of drug-likeness (QED) is 0.0239. The summed E-state index contributed by atoms with van der Waals surface area (Å²) in [6.45, 7) is 17.6. The zero-order valence-electron chi connectivity index (χ0n) is 55.4. The second-order valence-electron chi connectivity index (χ2n) is 23.5. The largest absolute Gasteiger partial charge is 0.768 e. The molecular formula is C66H73Cl2F6N15O7P3S-. The summed E-state index contributed by atoms with van der Waals surface area (Å²) in [4.78, 5) is 28.8. The Bertz CT molecular complexity index is 4420. The summed E-state index contributed by atoms with van der Waals surface area (Å²) in [6, 6.07) is 38.5. The molecule has 0 saturated carbocycles. The maximum absolute atomic E-state index is 13.6. The van der Waals surface area contributed by atoms with E-state index in [4.69, 9.17) is 32.7 Å². The van der Waals surface area contributed by atoms with E-state index in [9.17, 15) is 48.8 Å². The molecule has 2 aliphatic heterocycles. The Morgan fingerprint density at radius 1 is 0.540 bits per heavy atom. The molecule has 2 aliphatic rings. The van der Waals surface area contributed by atoms with Crippen LogP contribution in [0, 0.1) is 0 Å². The SMILES string of the molecule is CN1CCNCC1.COc1cc(P(C)(C)=O)ccc1Nc1ncc(Cl)c(Nc2ccccc2S(=O)[O-])n1.CP(C)(=O)c1ccc(Nc2nc(Nc3ccc(N4CCOCC4)cc3)ncc2C(F)(F)F)cc1.CP(C)(=O)c1ccc(Nc2ncc(C(F)(F)F)c(Nc3cccc(Cl)c3)n2)cc1. The first-order valence-corrected chi connectivity index (χ1v) is 40.2. The number of methoxy groups -OCH3 is 1. The fourth-order valence-corrected chi connectivity index (χ4v) is 12.8. The number of rotatable bonds is 18. The number of piperazine rings is 1. The lowest BCUT2D eigenvalue weighted by Gasteiger charge is -2.28. The van der Waals surface area contributed by atoms with Gasteiger partial charge in [0, 0.05) is 106 Å². The van der Waals surface area contributed by atoms with Gasteiger partial charge in [0.25, 0.3) is 0 Å². The number of anilines is 13. The lowest BCUT2D eigenvalue weighted by atomic mass is 10.2. The molecule has 9 aromatic rings. The Kier molecular flexibility index (Phi) is 26.7. The fraction of sp³-hybridized carbons (Fsp3) is 0.273. The molecule has 5 heterocycles. The van der Waals surface area contributed by atoms with Crippen LogP contribution >= 0.6 is 44.6 Å². The Hall–Kier alpha value is -8.20. The summed E-state index contributed by atoms with van der Waals surface area (Å²) in [7, 11) is -3.65. The van der Waals surface area contributed by atoms with E-state index in [1.165, 1.54) is 38.5 Å². The molecule has 0 bridgehead atoms. The molecule has 6 aromatic carbocycles. The molecule has 0 spiro atoms. The van der Waals surface area contributed by atoms with Gasteiger partial charge in [-0.2, -0.15) is 41.3 Å². The van der Waals surface area contributed by atoms with Gasteiger partial charge in [-0.3, -0.25) is 4.21 Å². The summed E-state index contributed by atoms with van der Waals surface area (Å²) in [5, 5.41) is 23.0.